The molecule has 1 nitrogen and oxygen atoms in total. The first-order valence-electron chi connectivity index (χ1n) is 5.46. The predicted molar refractivity (Wildman–Crippen MR) is 55.9 cm³/mol. The largest absolute Gasteiger partial charge is 0.295 e. The molecule has 0 aromatic carbocycles. The van der Waals surface area contributed by atoms with Crippen LogP contribution in [0, 0.1) is 0 Å². The van der Waals surface area contributed by atoms with Crippen molar-refractivity contribution in [2.75, 3.05) is 0 Å². The summed E-state index contributed by atoms with van der Waals surface area (Å²) in [4.78, 5) is 11.6. The van der Waals surface area contributed by atoms with E-state index in [-0.39, 0.29) is 0 Å². The molecule has 0 spiro atoms. The summed E-state index contributed by atoms with van der Waals surface area (Å²) < 4.78 is 0. The van der Waals surface area contributed by atoms with Crippen molar-refractivity contribution in [2.24, 2.45) is 0 Å². The molecule has 0 aliphatic heterocycles. The fourth-order valence-electron chi connectivity index (χ4n) is 2.78. The first-order valence-corrected chi connectivity index (χ1v) is 5.46. The highest BCUT2D eigenvalue weighted by atomic mass is 16.1. The van der Waals surface area contributed by atoms with Gasteiger partial charge in [0, 0.05) is 12.8 Å². The molecule has 3 aliphatic rings. The number of hydrogen-bond donors (Lipinski definition) is 0. The highest BCUT2D eigenvalue weighted by molar-refractivity contribution is 5.99. The number of allylic oxidation sites excluding steroid dienone is 6. The maximum absolute atomic E-state index is 11.6. The number of Topliss-reactive ketones (excluding diaryl/α,β-unsaturated/α-hetero) is 1. The van der Waals surface area contributed by atoms with Crippen molar-refractivity contribution in [3.63, 3.8) is 0 Å². The molecule has 0 N–H and O–H groups in total. The molecule has 14 heavy (non-hydrogen) atoms. The van der Waals surface area contributed by atoms with Crippen LogP contribution in [-0.2, 0) is 4.79 Å². The molecule has 0 heterocycles. The van der Waals surface area contributed by atoms with E-state index < -0.39 is 0 Å². The van der Waals surface area contributed by atoms with Crippen LogP contribution in [0.5, 0.6) is 0 Å². The highest BCUT2D eigenvalue weighted by Gasteiger charge is 2.28. The van der Waals surface area contributed by atoms with E-state index in [1.165, 1.54) is 24.0 Å². The predicted octanol–water partition coefficient (Wildman–Crippen LogP) is 3.09. The smallest absolute Gasteiger partial charge is 0.159 e. The average Bonchev–Trinajstić information content (AvgIpc) is 2.57. The van der Waals surface area contributed by atoms with Crippen molar-refractivity contribution in [1.82, 2.24) is 0 Å². The summed E-state index contributed by atoms with van der Waals surface area (Å²) in [5.41, 5.74) is 5.63. The Bertz CT molecular complexity index is 391. The zero-order valence-electron chi connectivity index (χ0n) is 8.31. The lowest BCUT2D eigenvalue weighted by atomic mass is 9.83. The molecule has 0 atom stereocenters. The number of rotatable bonds is 0. The number of carbonyl (C=O) groups is 1. The number of carbonyl (C=O) groups excluding carboxylic acids is 1. The Kier molecular flexibility index (Phi) is 1.73. The second-order valence-electron chi connectivity index (χ2n) is 4.43. The number of hydrogen-bond acceptors (Lipinski definition) is 1. The lowest BCUT2D eigenvalue weighted by Crippen LogP contribution is -2.07. The van der Waals surface area contributed by atoms with Crippen molar-refractivity contribution in [1.29, 1.82) is 0 Å². The summed E-state index contributed by atoms with van der Waals surface area (Å²) in [5.74, 6) is 0.408. The average molecular weight is 186 g/mol. The van der Waals surface area contributed by atoms with Crippen molar-refractivity contribution < 1.29 is 4.79 Å². The highest BCUT2D eigenvalue weighted by Crippen LogP contribution is 2.40. The zero-order chi connectivity index (χ0) is 9.54. The normalized spacial score (nSPS) is 25.6. The van der Waals surface area contributed by atoms with Crippen LogP contribution in [0.4, 0.5) is 0 Å². The Hall–Kier alpha value is -1.11. The maximum atomic E-state index is 11.6. The minimum absolute atomic E-state index is 0.408. The SMILES string of the molecule is O=C1CCC2=C1CC1=C(CCC=C1)C2. The molecular formula is C13H14O. The molecule has 3 rings (SSSR count). The van der Waals surface area contributed by atoms with Gasteiger partial charge in [-0.3, -0.25) is 4.79 Å². The summed E-state index contributed by atoms with van der Waals surface area (Å²) >= 11 is 0. The van der Waals surface area contributed by atoms with Gasteiger partial charge in [0.2, 0.25) is 0 Å². The zero-order valence-corrected chi connectivity index (χ0v) is 8.31. The third-order valence-electron chi connectivity index (χ3n) is 3.60. The summed E-state index contributed by atoms with van der Waals surface area (Å²) in [5, 5.41) is 0. The Labute approximate surface area is 84.2 Å². The molecule has 0 bridgehead atoms. The maximum Gasteiger partial charge on any atom is 0.159 e. The Morgan fingerprint density at radius 3 is 2.86 bits per heavy atom. The molecule has 0 aromatic heterocycles. The van der Waals surface area contributed by atoms with E-state index >= 15 is 0 Å². The summed E-state index contributed by atoms with van der Waals surface area (Å²) in [6.07, 6.45) is 10.7. The summed E-state index contributed by atoms with van der Waals surface area (Å²) in [6, 6.07) is 0. The van der Waals surface area contributed by atoms with Crippen LogP contribution >= 0.6 is 0 Å². The van der Waals surface area contributed by atoms with Gasteiger partial charge in [0.15, 0.2) is 5.78 Å². The van der Waals surface area contributed by atoms with Crippen LogP contribution in [0.2, 0.25) is 0 Å². The van der Waals surface area contributed by atoms with Crippen molar-refractivity contribution in [2.45, 2.75) is 38.5 Å². The van der Waals surface area contributed by atoms with E-state index in [0.717, 1.165) is 31.3 Å². The van der Waals surface area contributed by atoms with Crippen LogP contribution in [0.3, 0.4) is 0 Å². The minimum atomic E-state index is 0.408. The molecule has 72 valence electrons. The Morgan fingerprint density at radius 1 is 1.00 bits per heavy atom. The molecule has 0 radical (unpaired) electrons. The third kappa shape index (κ3) is 1.12. The van der Waals surface area contributed by atoms with Gasteiger partial charge < -0.3 is 0 Å². The Morgan fingerprint density at radius 2 is 1.93 bits per heavy atom. The minimum Gasteiger partial charge on any atom is -0.295 e. The van der Waals surface area contributed by atoms with Crippen LogP contribution < -0.4 is 0 Å². The van der Waals surface area contributed by atoms with E-state index in [9.17, 15) is 4.79 Å². The molecule has 0 saturated heterocycles. The van der Waals surface area contributed by atoms with E-state index in [0.29, 0.717) is 5.78 Å². The van der Waals surface area contributed by atoms with Gasteiger partial charge in [0.05, 0.1) is 0 Å². The van der Waals surface area contributed by atoms with Crippen LogP contribution in [0.25, 0.3) is 0 Å². The van der Waals surface area contributed by atoms with Crippen LogP contribution in [0.15, 0.2) is 34.4 Å². The monoisotopic (exact) mass is 186 g/mol. The van der Waals surface area contributed by atoms with Gasteiger partial charge in [0.1, 0.15) is 0 Å². The van der Waals surface area contributed by atoms with Crippen LogP contribution in [0.1, 0.15) is 38.5 Å². The topological polar surface area (TPSA) is 17.1 Å². The second-order valence-corrected chi connectivity index (χ2v) is 4.43. The second kappa shape index (κ2) is 2.94. The standard InChI is InChI=1S/C13H14O/c14-13-6-5-11-7-9-3-1-2-4-10(9)8-12(11)13/h2,4H,1,3,5-8H2. The first-order chi connectivity index (χ1) is 6.84. The van der Waals surface area contributed by atoms with Crippen LogP contribution in [-0.4, -0.2) is 5.78 Å². The molecule has 0 fully saturated rings. The van der Waals surface area contributed by atoms with E-state index in [2.05, 4.69) is 12.2 Å². The van der Waals surface area contributed by atoms with Crippen molar-refractivity contribution in [3.05, 3.63) is 34.4 Å². The van der Waals surface area contributed by atoms with E-state index in [1.54, 1.807) is 5.57 Å². The Balaban J connectivity index is 1.95. The van der Waals surface area contributed by atoms with Gasteiger partial charge in [-0.1, -0.05) is 23.3 Å². The third-order valence-corrected chi connectivity index (χ3v) is 3.60. The first kappa shape index (κ1) is 8.22. The van der Waals surface area contributed by atoms with Crippen molar-refractivity contribution >= 4 is 5.78 Å². The van der Waals surface area contributed by atoms with Gasteiger partial charge in [-0.2, -0.15) is 0 Å². The molecule has 3 aliphatic carbocycles. The van der Waals surface area contributed by atoms with Gasteiger partial charge in [-0.25, -0.2) is 0 Å². The van der Waals surface area contributed by atoms with Crippen molar-refractivity contribution in [3.8, 4) is 0 Å². The molecule has 0 amide bonds. The van der Waals surface area contributed by atoms with E-state index in [1.807, 2.05) is 0 Å². The van der Waals surface area contributed by atoms with E-state index in [4.69, 9.17) is 0 Å². The quantitative estimate of drug-likeness (QED) is 0.568. The fraction of sp³-hybridized carbons (Fsp3) is 0.462. The van der Waals surface area contributed by atoms with Gasteiger partial charge >= 0.3 is 0 Å². The molecule has 1 heteroatoms. The van der Waals surface area contributed by atoms with Gasteiger partial charge in [-0.05, 0) is 36.8 Å². The fourth-order valence-corrected chi connectivity index (χ4v) is 2.78. The molecule has 0 unspecified atom stereocenters. The van der Waals surface area contributed by atoms with Gasteiger partial charge in [0.25, 0.3) is 0 Å². The number of ketones is 1. The lowest BCUT2D eigenvalue weighted by Gasteiger charge is -2.22. The summed E-state index contributed by atoms with van der Waals surface area (Å²) in [6.45, 7) is 0. The lowest BCUT2D eigenvalue weighted by molar-refractivity contribution is -0.115. The summed E-state index contributed by atoms with van der Waals surface area (Å²) in [7, 11) is 0. The van der Waals surface area contributed by atoms with Gasteiger partial charge in [-0.15, -0.1) is 0 Å². The molecule has 0 aromatic rings. The molecular weight excluding hydrogens is 172 g/mol. The molecule has 0 saturated carbocycles.